The number of carbonyl (C=O) groups is 2. The Morgan fingerprint density at radius 2 is 1.32 bits per heavy atom. The predicted molar refractivity (Wildman–Crippen MR) is 96.2 cm³/mol. The Balaban J connectivity index is 2.33. The molecule has 4 nitrogen and oxygen atoms in total. The molecule has 0 aliphatic rings. The van der Waals surface area contributed by atoms with Gasteiger partial charge in [-0.15, -0.1) is 6.58 Å². The molecule has 0 fully saturated rings. The lowest BCUT2D eigenvalue weighted by atomic mass is 9.74. The van der Waals surface area contributed by atoms with Gasteiger partial charge in [-0.2, -0.15) is 0 Å². The fourth-order valence-corrected chi connectivity index (χ4v) is 2.56. The normalized spacial score (nSPS) is 11.0. The van der Waals surface area contributed by atoms with Crippen LogP contribution in [0.15, 0.2) is 73.3 Å². The molecule has 0 bridgehead atoms. The number of rotatable bonds is 7. The van der Waals surface area contributed by atoms with E-state index in [-0.39, 0.29) is 12.3 Å². The Kier molecular flexibility index (Phi) is 6.12. The number of benzene rings is 2. The zero-order chi connectivity index (χ0) is 18.3. The summed E-state index contributed by atoms with van der Waals surface area (Å²) in [6.45, 7) is 7.28. The summed E-state index contributed by atoms with van der Waals surface area (Å²) in [6, 6.07) is 17.3. The first-order chi connectivity index (χ1) is 12.0. The van der Waals surface area contributed by atoms with E-state index in [1.807, 2.05) is 12.1 Å². The molecule has 0 atom stereocenters. The number of carbonyl (C=O) groups excluding carboxylic acids is 2. The maximum Gasteiger partial charge on any atom is 0.329 e. The van der Waals surface area contributed by atoms with Crippen LogP contribution in [0.2, 0.25) is 0 Å². The summed E-state index contributed by atoms with van der Waals surface area (Å²) in [7, 11) is 0. The standard InChI is InChI=1S/C21H22O4/c1-4-15-21(16(2)3,19(22)24-17-11-7-5-8-12-17)20(23)25-18-13-9-6-10-14-18/h4-14,16H,1,15H2,2-3H3. The van der Waals surface area contributed by atoms with E-state index < -0.39 is 17.4 Å². The third-order valence-corrected chi connectivity index (χ3v) is 4.09. The minimum absolute atomic E-state index is 0.127. The maximum absolute atomic E-state index is 12.9. The second-order valence-electron chi connectivity index (χ2n) is 6.02. The quantitative estimate of drug-likeness (QED) is 0.325. The molecule has 0 heterocycles. The molecule has 0 spiro atoms. The SMILES string of the molecule is C=CCC(C(=O)Oc1ccccc1)(C(=O)Oc1ccccc1)C(C)C. The molecule has 4 heteroatoms. The molecule has 0 saturated carbocycles. The maximum atomic E-state index is 12.9. The molecule has 0 aromatic heterocycles. The molecule has 0 unspecified atom stereocenters. The van der Waals surface area contributed by atoms with Crippen molar-refractivity contribution >= 4 is 11.9 Å². The van der Waals surface area contributed by atoms with Crippen molar-refractivity contribution in [2.75, 3.05) is 0 Å². The van der Waals surface area contributed by atoms with Gasteiger partial charge < -0.3 is 9.47 Å². The smallest absolute Gasteiger partial charge is 0.329 e. The van der Waals surface area contributed by atoms with Crippen LogP contribution in [0.1, 0.15) is 20.3 Å². The molecule has 0 aliphatic carbocycles. The molecule has 2 aromatic rings. The molecule has 25 heavy (non-hydrogen) atoms. The van der Waals surface area contributed by atoms with Crippen molar-refractivity contribution in [3.05, 3.63) is 73.3 Å². The van der Waals surface area contributed by atoms with Crippen LogP contribution in [0.4, 0.5) is 0 Å². The van der Waals surface area contributed by atoms with Gasteiger partial charge in [0.15, 0.2) is 5.41 Å². The Morgan fingerprint density at radius 1 is 0.920 bits per heavy atom. The van der Waals surface area contributed by atoms with E-state index in [0.29, 0.717) is 11.5 Å². The highest BCUT2D eigenvalue weighted by Crippen LogP contribution is 2.36. The summed E-state index contributed by atoms with van der Waals surface area (Å²) in [4.78, 5) is 25.9. The van der Waals surface area contributed by atoms with E-state index in [0.717, 1.165) is 0 Å². The van der Waals surface area contributed by atoms with Crippen molar-refractivity contribution in [1.82, 2.24) is 0 Å². The molecule has 0 radical (unpaired) electrons. The van der Waals surface area contributed by atoms with Gasteiger partial charge in [0.05, 0.1) is 0 Å². The molecular weight excluding hydrogens is 316 g/mol. The van der Waals surface area contributed by atoms with Crippen LogP contribution < -0.4 is 9.47 Å². The van der Waals surface area contributed by atoms with E-state index in [2.05, 4.69) is 6.58 Å². The van der Waals surface area contributed by atoms with Crippen LogP contribution in [-0.4, -0.2) is 11.9 Å². The average molecular weight is 338 g/mol. The van der Waals surface area contributed by atoms with Crippen LogP contribution in [0.5, 0.6) is 11.5 Å². The van der Waals surface area contributed by atoms with Gasteiger partial charge >= 0.3 is 11.9 Å². The first-order valence-corrected chi connectivity index (χ1v) is 8.16. The minimum atomic E-state index is -1.46. The van der Waals surface area contributed by atoms with E-state index in [9.17, 15) is 9.59 Å². The lowest BCUT2D eigenvalue weighted by Crippen LogP contribution is -2.48. The molecule has 2 aromatic carbocycles. The third kappa shape index (κ3) is 4.15. The van der Waals surface area contributed by atoms with Crippen molar-refractivity contribution in [2.45, 2.75) is 20.3 Å². The van der Waals surface area contributed by atoms with E-state index >= 15 is 0 Å². The summed E-state index contributed by atoms with van der Waals surface area (Å²) in [5.74, 6) is -0.856. The largest absolute Gasteiger partial charge is 0.426 e. The first kappa shape index (κ1) is 18.5. The summed E-state index contributed by atoms with van der Waals surface area (Å²) >= 11 is 0. The molecule has 130 valence electrons. The van der Waals surface area contributed by atoms with Gasteiger partial charge in [-0.3, -0.25) is 9.59 Å². The summed E-state index contributed by atoms with van der Waals surface area (Å²) < 4.78 is 10.9. The fraction of sp³-hybridized carbons (Fsp3) is 0.238. The summed E-state index contributed by atoms with van der Waals surface area (Å²) in [6.07, 6.45) is 1.67. The highest BCUT2D eigenvalue weighted by Gasteiger charge is 2.51. The van der Waals surface area contributed by atoms with Crippen LogP contribution in [0.3, 0.4) is 0 Å². The van der Waals surface area contributed by atoms with Crippen LogP contribution in [0, 0.1) is 11.3 Å². The first-order valence-electron chi connectivity index (χ1n) is 8.16. The number of ether oxygens (including phenoxy) is 2. The minimum Gasteiger partial charge on any atom is -0.426 e. The van der Waals surface area contributed by atoms with Crippen LogP contribution in [-0.2, 0) is 9.59 Å². The van der Waals surface area contributed by atoms with Gasteiger partial charge in [0.25, 0.3) is 0 Å². The number of hydrogen-bond donors (Lipinski definition) is 0. The molecular formula is C21H22O4. The predicted octanol–water partition coefficient (Wildman–Crippen LogP) is 4.42. The van der Waals surface area contributed by atoms with E-state index in [1.165, 1.54) is 0 Å². The van der Waals surface area contributed by atoms with Gasteiger partial charge in [0, 0.05) is 0 Å². The fourth-order valence-electron chi connectivity index (χ4n) is 2.56. The summed E-state index contributed by atoms with van der Waals surface area (Å²) in [5.41, 5.74) is -1.46. The van der Waals surface area contributed by atoms with Crippen LogP contribution >= 0.6 is 0 Å². The Hall–Kier alpha value is -2.88. The van der Waals surface area contributed by atoms with Gasteiger partial charge in [-0.05, 0) is 36.6 Å². The Bertz CT molecular complexity index is 667. The van der Waals surface area contributed by atoms with Gasteiger partial charge in [-0.25, -0.2) is 0 Å². The summed E-state index contributed by atoms with van der Waals surface area (Å²) in [5, 5.41) is 0. The number of esters is 2. The lowest BCUT2D eigenvalue weighted by Gasteiger charge is -2.31. The monoisotopic (exact) mass is 338 g/mol. The second kappa shape index (κ2) is 8.29. The third-order valence-electron chi connectivity index (χ3n) is 4.09. The van der Waals surface area contributed by atoms with Crippen molar-refractivity contribution in [2.24, 2.45) is 11.3 Å². The average Bonchev–Trinajstić information content (AvgIpc) is 2.60. The molecule has 2 rings (SSSR count). The molecule has 0 N–H and O–H groups in total. The second-order valence-corrected chi connectivity index (χ2v) is 6.02. The zero-order valence-corrected chi connectivity index (χ0v) is 14.5. The van der Waals surface area contributed by atoms with E-state index in [4.69, 9.17) is 9.47 Å². The van der Waals surface area contributed by atoms with E-state index in [1.54, 1.807) is 68.5 Å². The Morgan fingerprint density at radius 3 is 1.64 bits per heavy atom. The Labute approximate surface area is 148 Å². The van der Waals surface area contributed by atoms with Crippen molar-refractivity contribution < 1.29 is 19.1 Å². The topological polar surface area (TPSA) is 52.6 Å². The zero-order valence-electron chi connectivity index (χ0n) is 14.5. The van der Waals surface area contributed by atoms with Crippen molar-refractivity contribution in [3.63, 3.8) is 0 Å². The number of para-hydroxylation sites is 2. The van der Waals surface area contributed by atoms with Gasteiger partial charge in [0.2, 0.25) is 0 Å². The van der Waals surface area contributed by atoms with Crippen LogP contribution in [0.25, 0.3) is 0 Å². The number of allylic oxidation sites excluding steroid dienone is 1. The van der Waals surface area contributed by atoms with Crippen molar-refractivity contribution in [3.8, 4) is 11.5 Å². The number of hydrogen-bond acceptors (Lipinski definition) is 4. The lowest BCUT2D eigenvalue weighted by molar-refractivity contribution is -0.164. The highest BCUT2D eigenvalue weighted by molar-refractivity contribution is 6.02. The highest BCUT2D eigenvalue weighted by atomic mass is 16.6. The molecule has 0 amide bonds. The molecule has 0 aliphatic heterocycles. The van der Waals surface area contributed by atoms with Gasteiger partial charge in [0.1, 0.15) is 11.5 Å². The van der Waals surface area contributed by atoms with Crippen molar-refractivity contribution in [1.29, 1.82) is 0 Å². The molecule has 0 saturated heterocycles. The van der Waals surface area contributed by atoms with Gasteiger partial charge in [-0.1, -0.05) is 56.3 Å².